The van der Waals surface area contributed by atoms with E-state index in [0.29, 0.717) is 43.1 Å². The SMILES string of the molecule is CN1CCCN(C(=O)N(Cc2ccc(C(=O)CN)cc2F)c2ccccc2)CC1.CN1CCCN(C(=O)N(Cc2ccc(C(=O)CNC(=O)C(F)F)cc2F)c2ccccc2)CC1. The van der Waals surface area contributed by atoms with Crippen LogP contribution in [0.2, 0.25) is 0 Å². The van der Waals surface area contributed by atoms with Gasteiger partial charge in [-0.15, -0.1) is 0 Å². The molecule has 2 heterocycles. The van der Waals surface area contributed by atoms with Gasteiger partial charge in [0.25, 0.3) is 5.91 Å². The number of benzene rings is 4. The Bertz CT molecular complexity index is 2180. The third-order valence-electron chi connectivity index (χ3n) is 10.8. The molecule has 4 aromatic rings. The molecule has 17 heteroatoms. The number of para-hydroxylation sites is 2. The maximum absolute atomic E-state index is 14.9. The van der Waals surface area contributed by atoms with Crippen molar-refractivity contribution >= 4 is 40.9 Å². The molecule has 5 amide bonds. The van der Waals surface area contributed by atoms with Gasteiger partial charge in [0.1, 0.15) is 11.6 Å². The standard InChI is InChI=1S/C24H27F3N4O3.C22H27FN4O2/c1-29-10-5-11-30(13-12-29)24(34)31(19-6-3-2-4-7-19)16-18-9-8-17(14-20(18)25)21(32)15-28-23(33)22(26)27;1-25-10-5-11-26(13-12-25)22(29)27(19-6-3-2-4-7-19)16-18-9-8-17(14-20(18)23)21(28)15-24/h2-4,6-9,14,22H,5,10-13,15-16H2,1H3,(H,28,33);2-4,6-9,14H,5,10-13,15-16,24H2,1H3. The number of nitrogens with one attached hydrogen (secondary N) is 1. The molecule has 2 aliphatic heterocycles. The van der Waals surface area contributed by atoms with Crippen LogP contribution < -0.4 is 20.9 Å². The fraction of sp³-hybridized carbons (Fsp3) is 0.370. The van der Waals surface area contributed by atoms with E-state index in [2.05, 4.69) is 9.80 Å². The van der Waals surface area contributed by atoms with Gasteiger partial charge in [0, 0.05) is 72.9 Å². The van der Waals surface area contributed by atoms with Gasteiger partial charge in [-0.2, -0.15) is 8.78 Å². The number of nitrogens with zero attached hydrogens (tertiary/aromatic N) is 6. The van der Waals surface area contributed by atoms with Crippen LogP contribution in [0.1, 0.15) is 44.7 Å². The van der Waals surface area contributed by atoms with Crippen LogP contribution in [-0.4, -0.2) is 135 Å². The first-order chi connectivity index (χ1) is 30.2. The Labute approximate surface area is 365 Å². The van der Waals surface area contributed by atoms with Crippen LogP contribution in [0, 0.1) is 11.6 Å². The number of Topliss-reactive ketones (excluding diaryl/α,β-unsaturated/α-hetero) is 2. The number of alkyl halides is 2. The summed E-state index contributed by atoms with van der Waals surface area (Å²) in [6.45, 7) is 5.00. The topological polar surface area (TPSA) is 143 Å². The highest BCUT2D eigenvalue weighted by atomic mass is 19.3. The van der Waals surface area contributed by atoms with Crippen LogP contribution in [0.15, 0.2) is 97.1 Å². The van der Waals surface area contributed by atoms with Crippen molar-refractivity contribution in [2.24, 2.45) is 5.73 Å². The van der Waals surface area contributed by atoms with Crippen molar-refractivity contribution in [3.8, 4) is 0 Å². The lowest BCUT2D eigenvalue weighted by atomic mass is 10.1. The highest BCUT2D eigenvalue weighted by Gasteiger charge is 2.27. The molecular formula is C46H54F4N8O5. The Kier molecular flexibility index (Phi) is 17.7. The maximum atomic E-state index is 14.9. The summed E-state index contributed by atoms with van der Waals surface area (Å²) in [6.07, 6.45) is -1.51. The molecule has 0 saturated carbocycles. The summed E-state index contributed by atoms with van der Waals surface area (Å²) in [7, 11) is 4.04. The van der Waals surface area contributed by atoms with Crippen LogP contribution in [0.4, 0.5) is 38.5 Å². The Morgan fingerprint density at radius 1 is 0.603 bits per heavy atom. The summed E-state index contributed by atoms with van der Waals surface area (Å²) in [4.78, 5) is 72.6. The molecule has 0 unspecified atom stereocenters. The second-order valence-corrected chi connectivity index (χ2v) is 15.4. The number of amides is 5. The molecule has 0 radical (unpaired) electrons. The smallest absolute Gasteiger partial charge is 0.324 e. The van der Waals surface area contributed by atoms with Crippen molar-refractivity contribution in [2.45, 2.75) is 32.4 Å². The van der Waals surface area contributed by atoms with Gasteiger partial charge in [-0.05, 0) is 76.4 Å². The number of hydrogen-bond acceptors (Lipinski definition) is 8. The van der Waals surface area contributed by atoms with E-state index in [-0.39, 0.29) is 54.2 Å². The van der Waals surface area contributed by atoms with Crippen LogP contribution in [-0.2, 0) is 17.9 Å². The molecule has 2 aliphatic rings. The normalized spacial score (nSPS) is 14.8. The van der Waals surface area contributed by atoms with Gasteiger partial charge in [0.05, 0.1) is 26.2 Å². The summed E-state index contributed by atoms with van der Waals surface area (Å²) >= 11 is 0. The number of halogens is 4. The summed E-state index contributed by atoms with van der Waals surface area (Å²) < 4.78 is 54.2. The third kappa shape index (κ3) is 13.7. The van der Waals surface area contributed by atoms with E-state index >= 15 is 0 Å². The number of urea groups is 2. The minimum absolute atomic E-state index is 0.0579. The van der Waals surface area contributed by atoms with Crippen LogP contribution in [0.5, 0.6) is 0 Å². The van der Waals surface area contributed by atoms with Crippen molar-refractivity contribution in [1.82, 2.24) is 24.9 Å². The lowest BCUT2D eigenvalue weighted by Gasteiger charge is -2.30. The zero-order valence-electron chi connectivity index (χ0n) is 35.5. The average molecular weight is 875 g/mol. The molecule has 2 fully saturated rings. The van der Waals surface area contributed by atoms with E-state index in [1.165, 1.54) is 23.1 Å². The molecule has 6 rings (SSSR count). The minimum Gasteiger partial charge on any atom is -0.344 e. The third-order valence-corrected chi connectivity index (χ3v) is 10.8. The first kappa shape index (κ1) is 47.9. The number of likely N-dealkylation sites (N-methyl/N-ethyl adjacent to an activating group) is 2. The number of nitrogens with two attached hydrogens (primary N) is 1. The lowest BCUT2D eigenvalue weighted by molar-refractivity contribution is -0.131. The first-order valence-corrected chi connectivity index (χ1v) is 20.7. The second kappa shape index (κ2) is 23.3. The lowest BCUT2D eigenvalue weighted by Crippen LogP contribution is -2.44. The second-order valence-electron chi connectivity index (χ2n) is 15.4. The van der Waals surface area contributed by atoms with E-state index in [0.717, 1.165) is 45.1 Å². The van der Waals surface area contributed by atoms with Gasteiger partial charge in [0.15, 0.2) is 11.6 Å². The fourth-order valence-corrected chi connectivity index (χ4v) is 7.07. The highest BCUT2D eigenvalue weighted by Crippen LogP contribution is 2.24. The van der Waals surface area contributed by atoms with Gasteiger partial charge >= 0.3 is 18.5 Å². The molecule has 0 aliphatic carbocycles. The number of carbonyl (C=O) groups excluding carboxylic acids is 5. The predicted molar refractivity (Wildman–Crippen MR) is 233 cm³/mol. The highest BCUT2D eigenvalue weighted by molar-refractivity contribution is 6.00. The summed E-state index contributed by atoms with van der Waals surface area (Å²) in [6, 6.07) is 25.8. The first-order valence-electron chi connectivity index (χ1n) is 20.7. The zero-order chi connectivity index (χ0) is 45.5. The van der Waals surface area contributed by atoms with Crippen molar-refractivity contribution < 1.29 is 41.5 Å². The van der Waals surface area contributed by atoms with Gasteiger partial charge in [0.2, 0.25) is 0 Å². The fourth-order valence-electron chi connectivity index (χ4n) is 7.07. The number of carbonyl (C=O) groups is 5. The van der Waals surface area contributed by atoms with Gasteiger partial charge in [-0.1, -0.05) is 60.7 Å². The van der Waals surface area contributed by atoms with E-state index in [9.17, 15) is 41.5 Å². The van der Waals surface area contributed by atoms with E-state index in [1.807, 2.05) is 55.4 Å². The van der Waals surface area contributed by atoms with Crippen LogP contribution in [0.25, 0.3) is 0 Å². The van der Waals surface area contributed by atoms with Crippen molar-refractivity contribution in [1.29, 1.82) is 0 Å². The molecule has 4 aromatic carbocycles. The molecule has 0 aromatic heterocycles. The van der Waals surface area contributed by atoms with Crippen molar-refractivity contribution in [2.75, 3.05) is 89.3 Å². The molecule has 336 valence electrons. The molecule has 0 bridgehead atoms. The summed E-state index contributed by atoms with van der Waals surface area (Å²) in [5.74, 6) is -3.82. The van der Waals surface area contributed by atoms with Gasteiger partial charge < -0.3 is 30.7 Å². The number of hydrogen-bond donors (Lipinski definition) is 2. The Balaban J connectivity index is 0.000000240. The zero-order valence-corrected chi connectivity index (χ0v) is 35.5. The Hall–Kier alpha value is -6.17. The van der Waals surface area contributed by atoms with Gasteiger partial charge in [-0.25, -0.2) is 18.4 Å². The summed E-state index contributed by atoms with van der Waals surface area (Å²) in [5.41, 5.74) is 7.39. The average Bonchev–Trinajstić information content (AvgIpc) is 3.66. The molecule has 0 spiro atoms. The Morgan fingerprint density at radius 2 is 1.03 bits per heavy atom. The Morgan fingerprint density at radius 3 is 1.43 bits per heavy atom. The molecule has 3 N–H and O–H groups in total. The van der Waals surface area contributed by atoms with E-state index in [4.69, 9.17) is 5.73 Å². The summed E-state index contributed by atoms with van der Waals surface area (Å²) in [5, 5.41) is 1.80. The molecule has 63 heavy (non-hydrogen) atoms. The van der Waals surface area contributed by atoms with Crippen molar-refractivity contribution in [3.63, 3.8) is 0 Å². The van der Waals surface area contributed by atoms with E-state index in [1.54, 1.807) is 51.5 Å². The van der Waals surface area contributed by atoms with Gasteiger partial charge in [-0.3, -0.25) is 24.2 Å². The van der Waals surface area contributed by atoms with Crippen LogP contribution in [0.3, 0.4) is 0 Å². The molecular weight excluding hydrogens is 821 g/mol. The predicted octanol–water partition coefficient (Wildman–Crippen LogP) is 5.89. The monoisotopic (exact) mass is 874 g/mol. The molecule has 13 nitrogen and oxygen atoms in total. The largest absolute Gasteiger partial charge is 0.344 e. The maximum Gasteiger partial charge on any atom is 0.324 e. The number of ketones is 2. The minimum atomic E-state index is -3.24. The molecule has 2 saturated heterocycles. The number of rotatable bonds is 12. The van der Waals surface area contributed by atoms with Crippen LogP contribution >= 0.6 is 0 Å². The quantitative estimate of drug-likeness (QED) is 0.133. The molecule has 0 atom stereocenters. The number of anilines is 2. The van der Waals surface area contributed by atoms with E-state index < -0.39 is 36.3 Å². The van der Waals surface area contributed by atoms with Crippen molar-refractivity contribution in [3.05, 3.63) is 131 Å².